The number of carbonyl (C=O) groups is 3. The molecule has 0 aliphatic heterocycles. The maximum absolute atomic E-state index is 10.6. The molecule has 18 heavy (non-hydrogen) atoms. The van der Waals surface area contributed by atoms with Crippen LogP contribution in [0.15, 0.2) is 0 Å². The van der Waals surface area contributed by atoms with Crippen molar-refractivity contribution in [3.63, 3.8) is 0 Å². The molecule has 7 heteroatoms. The normalized spacial score (nSPS) is 10.2. The summed E-state index contributed by atoms with van der Waals surface area (Å²) in [4.78, 5) is 31.6. The molecule has 1 N–H and O–H groups in total. The number of carbonyl (C=O) groups excluding carboxylic acids is 2. The van der Waals surface area contributed by atoms with Gasteiger partial charge in [0, 0.05) is 26.9 Å². The summed E-state index contributed by atoms with van der Waals surface area (Å²) in [6.07, 6.45) is -0.244. The van der Waals surface area contributed by atoms with Gasteiger partial charge in [0.15, 0.2) is 0 Å². The van der Waals surface area contributed by atoms with Crippen LogP contribution < -0.4 is 0 Å². The van der Waals surface area contributed by atoms with Crippen molar-refractivity contribution in [2.45, 2.75) is 32.8 Å². The van der Waals surface area contributed by atoms with Crippen LogP contribution in [0.25, 0.3) is 0 Å². The van der Waals surface area contributed by atoms with Crippen LogP contribution >= 0.6 is 0 Å². The van der Waals surface area contributed by atoms with Crippen molar-refractivity contribution in [3.05, 3.63) is 0 Å². The third-order valence-corrected chi connectivity index (χ3v) is 1.83. The smallest absolute Gasteiger partial charge is 0.303 e. The summed E-state index contributed by atoms with van der Waals surface area (Å²) < 4.78 is 14.8. The van der Waals surface area contributed by atoms with E-state index in [2.05, 4.69) is 0 Å². The lowest BCUT2D eigenvalue weighted by molar-refractivity contribution is -0.152. The molecule has 0 aromatic heterocycles. The summed E-state index contributed by atoms with van der Waals surface area (Å²) in [5.74, 6) is -1.83. The second kappa shape index (κ2) is 9.41. The minimum Gasteiger partial charge on any atom is -0.481 e. The van der Waals surface area contributed by atoms with Crippen LogP contribution in [0.2, 0.25) is 0 Å². The first kappa shape index (κ1) is 16.4. The highest BCUT2D eigenvalue weighted by atomic mass is 16.6. The first-order chi connectivity index (χ1) is 8.41. The fourth-order valence-corrected chi connectivity index (χ4v) is 1.04. The van der Waals surface area contributed by atoms with Gasteiger partial charge in [0.25, 0.3) is 0 Å². The molecule has 0 fully saturated rings. The number of ether oxygens (including phenoxy) is 3. The van der Waals surface area contributed by atoms with E-state index in [4.69, 9.17) is 19.3 Å². The molecule has 0 amide bonds. The van der Waals surface area contributed by atoms with Crippen molar-refractivity contribution in [1.29, 1.82) is 0 Å². The summed E-state index contributed by atoms with van der Waals surface area (Å²) in [5, 5.41) is 8.44. The second-order valence-corrected chi connectivity index (χ2v) is 3.60. The van der Waals surface area contributed by atoms with E-state index in [1.807, 2.05) is 0 Å². The number of rotatable bonds is 9. The standard InChI is InChI=1S/C11H18O7/c1-8(12)17-6-10(7-18-9(2)13)16-5-3-4-11(14)15/h10H,3-7H2,1-2H3,(H,14,15). The van der Waals surface area contributed by atoms with Gasteiger partial charge < -0.3 is 19.3 Å². The van der Waals surface area contributed by atoms with Gasteiger partial charge in [0.1, 0.15) is 19.3 Å². The molecule has 104 valence electrons. The van der Waals surface area contributed by atoms with Crippen LogP contribution in [-0.2, 0) is 28.6 Å². The molecule has 0 aromatic carbocycles. The molecule has 0 bridgehead atoms. The molecule has 0 aromatic rings. The Kier molecular flexibility index (Phi) is 8.55. The van der Waals surface area contributed by atoms with Gasteiger partial charge in [0.2, 0.25) is 0 Å². The van der Waals surface area contributed by atoms with Gasteiger partial charge in [-0.05, 0) is 6.42 Å². The Bertz CT molecular complexity index is 269. The van der Waals surface area contributed by atoms with E-state index in [1.165, 1.54) is 13.8 Å². The fraction of sp³-hybridized carbons (Fsp3) is 0.727. The molecule has 0 saturated heterocycles. The van der Waals surface area contributed by atoms with Crippen molar-refractivity contribution >= 4 is 17.9 Å². The topological polar surface area (TPSA) is 99.1 Å². The number of aliphatic carboxylic acids is 1. The molecule has 0 spiro atoms. The minimum atomic E-state index is -0.907. The van der Waals surface area contributed by atoms with Crippen molar-refractivity contribution in [2.75, 3.05) is 19.8 Å². The Morgan fingerprint density at radius 3 is 1.94 bits per heavy atom. The van der Waals surface area contributed by atoms with Crippen LogP contribution in [0.4, 0.5) is 0 Å². The lowest BCUT2D eigenvalue weighted by atomic mass is 10.3. The van der Waals surface area contributed by atoms with Crippen molar-refractivity contribution in [1.82, 2.24) is 0 Å². The van der Waals surface area contributed by atoms with Crippen LogP contribution in [0, 0.1) is 0 Å². The van der Waals surface area contributed by atoms with Crippen molar-refractivity contribution in [2.24, 2.45) is 0 Å². The Labute approximate surface area is 105 Å². The Morgan fingerprint density at radius 1 is 1.06 bits per heavy atom. The molecule has 0 unspecified atom stereocenters. The Hall–Kier alpha value is -1.63. The van der Waals surface area contributed by atoms with Crippen LogP contribution in [-0.4, -0.2) is 48.9 Å². The van der Waals surface area contributed by atoms with E-state index in [9.17, 15) is 14.4 Å². The molecule has 0 aliphatic rings. The van der Waals surface area contributed by atoms with E-state index in [0.717, 1.165) is 0 Å². The minimum absolute atomic E-state index is 0.00610. The quantitative estimate of drug-likeness (QED) is 0.473. The zero-order valence-electron chi connectivity index (χ0n) is 10.5. The molecule has 0 radical (unpaired) electrons. The summed E-state index contributed by atoms with van der Waals surface area (Å²) in [5.41, 5.74) is 0. The van der Waals surface area contributed by atoms with E-state index in [-0.39, 0.29) is 26.2 Å². The molecule has 7 nitrogen and oxygen atoms in total. The second-order valence-electron chi connectivity index (χ2n) is 3.60. The van der Waals surface area contributed by atoms with Crippen LogP contribution in [0.5, 0.6) is 0 Å². The third-order valence-electron chi connectivity index (χ3n) is 1.83. The molecule has 0 aliphatic carbocycles. The van der Waals surface area contributed by atoms with Gasteiger partial charge in [-0.2, -0.15) is 0 Å². The van der Waals surface area contributed by atoms with Crippen LogP contribution in [0.1, 0.15) is 26.7 Å². The molecular formula is C11H18O7. The zero-order chi connectivity index (χ0) is 14.0. The third kappa shape index (κ3) is 10.9. The highest BCUT2D eigenvalue weighted by Crippen LogP contribution is 1.99. The first-order valence-corrected chi connectivity index (χ1v) is 5.52. The zero-order valence-corrected chi connectivity index (χ0v) is 10.5. The van der Waals surface area contributed by atoms with Crippen LogP contribution in [0.3, 0.4) is 0 Å². The SMILES string of the molecule is CC(=O)OCC(COC(C)=O)OCCCC(=O)O. The van der Waals surface area contributed by atoms with Gasteiger partial charge >= 0.3 is 17.9 Å². The number of hydrogen-bond acceptors (Lipinski definition) is 6. The van der Waals surface area contributed by atoms with E-state index >= 15 is 0 Å². The highest BCUT2D eigenvalue weighted by Gasteiger charge is 2.13. The van der Waals surface area contributed by atoms with Gasteiger partial charge in [-0.1, -0.05) is 0 Å². The van der Waals surface area contributed by atoms with Gasteiger partial charge in [-0.15, -0.1) is 0 Å². The largest absolute Gasteiger partial charge is 0.481 e. The average Bonchev–Trinajstić information content (AvgIpc) is 2.25. The molecular weight excluding hydrogens is 244 g/mol. The fourth-order valence-electron chi connectivity index (χ4n) is 1.04. The predicted octanol–water partition coefficient (Wildman–Crippen LogP) is 0.363. The maximum Gasteiger partial charge on any atom is 0.303 e. The monoisotopic (exact) mass is 262 g/mol. The Balaban J connectivity index is 3.91. The first-order valence-electron chi connectivity index (χ1n) is 5.52. The molecule has 0 rings (SSSR count). The number of hydrogen-bond donors (Lipinski definition) is 1. The average molecular weight is 262 g/mol. The molecule has 0 atom stereocenters. The number of carboxylic acid groups (broad SMARTS) is 1. The van der Waals surface area contributed by atoms with Crippen molar-refractivity contribution in [3.8, 4) is 0 Å². The summed E-state index contributed by atoms with van der Waals surface area (Å²) in [6.45, 7) is 2.64. The summed E-state index contributed by atoms with van der Waals surface area (Å²) in [6, 6.07) is 0. The van der Waals surface area contributed by atoms with E-state index < -0.39 is 24.0 Å². The number of carboxylic acids is 1. The highest BCUT2D eigenvalue weighted by molar-refractivity contribution is 5.66. The van der Waals surface area contributed by atoms with Gasteiger partial charge in [-0.3, -0.25) is 14.4 Å². The Morgan fingerprint density at radius 2 is 1.56 bits per heavy atom. The predicted molar refractivity (Wildman–Crippen MR) is 59.9 cm³/mol. The number of esters is 2. The summed E-state index contributed by atoms with van der Waals surface area (Å²) >= 11 is 0. The molecule has 0 saturated carbocycles. The van der Waals surface area contributed by atoms with E-state index in [1.54, 1.807) is 0 Å². The van der Waals surface area contributed by atoms with Gasteiger partial charge in [0.05, 0.1) is 0 Å². The molecule has 0 heterocycles. The van der Waals surface area contributed by atoms with Crippen molar-refractivity contribution < 1.29 is 33.7 Å². The maximum atomic E-state index is 10.6. The van der Waals surface area contributed by atoms with E-state index in [0.29, 0.717) is 6.42 Å². The lowest BCUT2D eigenvalue weighted by Crippen LogP contribution is -2.28. The summed E-state index contributed by atoms with van der Waals surface area (Å²) in [7, 11) is 0. The lowest BCUT2D eigenvalue weighted by Gasteiger charge is -2.17. The van der Waals surface area contributed by atoms with Gasteiger partial charge in [-0.25, -0.2) is 0 Å².